The smallest absolute Gasteiger partial charge is 0.295 e. The fourth-order valence-electron chi connectivity index (χ4n) is 4.32. The van der Waals surface area contributed by atoms with Crippen molar-refractivity contribution in [2.24, 2.45) is 0 Å². The molecule has 0 spiro atoms. The van der Waals surface area contributed by atoms with Crippen molar-refractivity contribution in [3.05, 3.63) is 69.0 Å². The predicted octanol–water partition coefficient (Wildman–Crippen LogP) is 2.94. The second kappa shape index (κ2) is 10.7. The van der Waals surface area contributed by atoms with Crippen LogP contribution in [-0.2, 0) is 4.79 Å². The molecule has 0 atom stereocenters. The Kier molecular flexibility index (Phi) is 7.42. The summed E-state index contributed by atoms with van der Waals surface area (Å²) in [7, 11) is 3.35. The maximum Gasteiger partial charge on any atom is 0.295 e. The van der Waals surface area contributed by atoms with E-state index in [-0.39, 0.29) is 17.3 Å². The number of ether oxygens (including phenoxy) is 1. The van der Waals surface area contributed by atoms with Crippen LogP contribution in [0.1, 0.15) is 13.8 Å². The fourth-order valence-corrected chi connectivity index (χ4v) is 4.32. The first-order chi connectivity index (χ1) is 17.7. The molecule has 1 amide bonds. The number of nitrogens with zero attached hydrogens (tertiary/aromatic N) is 6. The standard InChI is InChI=1S/C26H30N6O5/c1-5-28(3)25-17-22(19-7-6-8-21(15-19)37-4)27-31(26(25)34)24-16-20(9-10-23(24)32(35)36)30-13-11-29(12-14-30)18(2)33/h6-10,15-17H,5,11-14H2,1-4H3. The van der Waals surface area contributed by atoms with Crippen LogP contribution in [-0.4, -0.2) is 72.4 Å². The van der Waals surface area contributed by atoms with E-state index in [1.807, 2.05) is 24.0 Å². The lowest BCUT2D eigenvalue weighted by Crippen LogP contribution is -2.48. The van der Waals surface area contributed by atoms with Crippen LogP contribution in [0.5, 0.6) is 5.75 Å². The van der Waals surface area contributed by atoms with Crippen molar-refractivity contribution in [1.82, 2.24) is 14.7 Å². The zero-order valence-electron chi connectivity index (χ0n) is 21.4. The van der Waals surface area contributed by atoms with Crippen molar-refractivity contribution in [1.29, 1.82) is 0 Å². The van der Waals surface area contributed by atoms with Gasteiger partial charge in [0.25, 0.3) is 11.2 Å². The van der Waals surface area contributed by atoms with Crippen LogP contribution in [0, 0.1) is 10.1 Å². The predicted molar refractivity (Wildman–Crippen MR) is 142 cm³/mol. The SMILES string of the molecule is CCN(C)c1cc(-c2cccc(OC)c2)nn(-c2cc(N3CCN(C(C)=O)CC3)ccc2[N+](=O)[O-])c1=O. The zero-order chi connectivity index (χ0) is 26.7. The summed E-state index contributed by atoms with van der Waals surface area (Å²) in [4.78, 5) is 42.4. The minimum absolute atomic E-state index is 0.0155. The summed E-state index contributed by atoms with van der Waals surface area (Å²) < 4.78 is 6.46. The van der Waals surface area contributed by atoms with E-state index >= 15 is 0 Å². The first-order valence-corrected chi connectivity index (χ1v) is 12.0. The van der Waals surface area contributed by atoms with Crippen LogP contribution in [0.4, 0.5) is 17.1 Å². The number of benzene rings is 2. The lowest BCUT2D eigenvalue weighted by atomic mass is 10.1. The summed E-state index contributed by atoms with van der Waals surface area (Å²) in [6.07, 6.45) is 0. The lowest BCUT2D eigenvalue weighted by molar-refractivity contribution is -0.384. The molecule has 1 saturated heterocycles. The molecule has 0 saturated carbocycles. The van der Waals surface area contributed by atoms with Gasteiger partial charge in [-0.05, 0) is 37.3 Å². The van der Waals surface area contributed by atoms with Crippen LogP contribution in [0.25, 0.3) is 16.9 Å². The molecule has 4 rings (SSSR count). The first kappa shape index (κ1) is 25.7. The molecule has 194 valence electrons. The Morgan fingerprint density at radius 1 is 1.14 bits per heavy atom. The molecule has 0 aliphatic carbocycles. The maximum absolute atomic E-state index is 13.6. The number of hydrogen-bond acceptors (Lipinski definition) is 8. The Morgan fingerprint density at radius 2 is 1.86 bits per heavy atom. The number of aromatic nitrogens is 2. The third kappa shape index (κ3) is 5.25. The highest BCUT2D eigenvalue weighted by Crippen LogP contribution is 2.30. The molecule has 1 fully saturated rings. The van der Waals surface area contributed by atoms with Gasteiger partial charge in [0.05, 0.1) is 17.7 Å². The van der Waals surface area contributed by atoms with Gasteiger partial charge in [-0.15, -0.1) is 0 Å². The minimum atomic E-state index is -0.512. The second-order valence-electron chi connectivity index (χ2n) is 8.80. The minimum Gasteiger partial charge on any atom is -0.497 e. The van der Waals surface area contributed by atoms with Gasteiger partial charge < -0.3 is 19.4 Å². The van der Waals surface area contributed by atoms with Crippen molar-refractivity contribution in [2.45, 2.75) is 13.8 Å². The molecule has 1 aliphatic rings. The van der Waals surface area contributed by atoms with Gasteiger partial charge in [0.2, 0.25) is 5.91 Å². The Labute approximate surface area is 214 Å². The number of rotatable bonds is 7. The molecular weight excluding hydrogens is 476 g/mol. The van der Waals surface area contributed by atoms with E-state index in [2.05, 4.69) is 5.10 Å². The average Bonchev–Trinajstić information content (AvgIpc) is 2.92. The van der Waals surface area contributed by atoms with Crippen molar-refractivity contribution in [2.75, 3.05) is 56.7 Å². The number of carbonyl (C=O) groups excluding carboxylic acids is 1. The van der Waals surface area contributed by atoms with Gasteiger partial charge in [0.1, 0.15) is 17.1 Å². The van der Waals surface area contributed by atoms with Crippen LogP contribution in [0.3, 0.4) is 0 Å². The molecular formula is C26H30N6O5. The number of hydrogen-bond donors (Lipinski definition) is 0. The molecule has 0 N–H and O–H groups in total. The average molecular weight is 507 g/mol. The molecule has 11 heteroatoms. The van der Waals surface area contributed by atoms with Crippen molar-refractivity contribution < 1.29 is 14.5 Å². The number of carbonyl (C=O) groups is 1. The third-order valence-electron chi connectivity index (χ3n) is 6.62. The zero-order valence-corrected chi connectivity index (χ0v) is 21.4. The molecule has 37 heavy (non-hydrogen) atoms. The van der Waals surface area contributed by atoms with Crippen LogP contribution >= 0.6 is 0 Å². The summed E-state index contributed by atoms with van der Waals surface area (Å²) in [5.41, 5.74) is 1.66. The fraction of sp³-hybridized carbons (Fsp3) is 0.346. The van der Waals surface area contributed by atoms with Crippen molar-refractivity contribution >= 4 is 23.0 Å². The normalized spacial score (nSPS) is 13.4. The van der Waals surface area contributed by atoms with Gasteiger partial charge >= 0.3 is 0 Å². The van der Waals surface area contributed by atoms with E-state index in [1.54, 1.807) is 54.3 Å². The third-order valence-corrected chi connectivity index (χ3v) is 6.62. The van der Waals surface area contributed by atoms with Gasteiger partial charge in [-0.2, -0.15) is 9.78 Å². The lowest BCUT2D eigenvalue weighted by Gasteiger charge is -2.35. The summed E-state index contributed by atoms with van der Waals surface area (Å²) >= 11 is 0. The van der Waals surface area contributed by atoms with Gasteiger partial charge in [-0.25, -0.2) is 0 Å². The molecule has 3 aromatic rings. The van der Waals surface area contributed by atoms with E-state index < -0.39 is 10.5 Å². The monoisotopic (exact) mass is 506 g/mol. The molecule has 0 radical (unpaired) electrons. The van der Waals surface area contributed by atoms with Crippen LogP contribution in [0.2, 0.25) is 0 Å². The van der Waals surface area contributed by atoms with Crippen molar-refractivity contribution in [3.63, 3.8) is 0 Å². The summed E-state index contributed by atoms with van der Waals surface area (Å²) in [6, 6.07) is 13.6. The molecule has 0 unspecified atom stereocenters. The summed E-state index contributed by atoms with van der Waals surface area (Å²) in [5, 5.41) is 16.6. The Balaban J connectivity index is 1.87. The van der Waals surface area contributed by atoms with E-state index in [4.69, 9.17) is 4.74 Å². The molecule has 11 nitrogen and oxygen atoms in total. The van der Waals surface area contributed by atoms with Gasteiger partial charge in [0, 0.05) is 64.0 Å². The highest BCUT2D eigenvalue weighted by Gasteiger charge is 2.25. The molecule has 0 bridgehead atoms. The Bertz CT molecular complexity index is 1380. The highest BCUT2D eigenvalue weighted by atomic mass is 16.6. The van der Waals surface area contributed by atoms with Crippen LogP contribution in [0.15, 0.2) is 53.3 Å². The van der Waals surface area contributed by atoms with Gasteiger partial charge in [-0.1, -0.05) is 12.1 Å². The largest absolute Gasteiger partial charge is 0.497 e. The van der Waals surface area contributed by atoms with Crippen LogP contribution < -0.4 is 20.1 Å². The Hall–Kier alpha value is -4.41. The number of anilines is 2. The molecule has 1 aliphatic heterocycles. The molecule has 1 aromatic heterocycles. The summed E-state index contributed by atoms with van der Waals surface area (Å²) in [6.45, 7) is 6.27. The topological polar surface area (TPSA) is 114 Å². The number of piperazine rings is 1. The van der Waals surface area contributed by atoms with E-state index in [0.29, 0.717) is 55.4 Å². The van der Waals surface area contributed by atoms with E-state index in [0.717, 1.165) is 10.4 Å². The van der Waals surface area contributed by atoms with E-state index in [9.17, 15) is 19.7 Å². The van der Waals surface area contributed by atoms with Gasteiger partial charge in [0.15, 0.2) is 0 Å². The summed E-state index contributed by atoms with van der Waals surface area (Å²) in [5.74, 6) is 0.641. The number of nitro benzene ring substituents is 1. The first-order valence-electron chi connectivity index (χ1n) is 12.0. The number of methoxy groups -OCH3 is 1. The number of amides is 1. The number of nitro groups is 1. The van der Waals surface area contributed by atoms with Gasteiger partial charge in [-0.3, -0.25) is 19.7 Å². The van der Waals surface area contributed by atoms with E-state index in [1.165, 1.54) is 13.0 Å². The molecule has 2 aromatic carbocycles. The molecule has 2 heterocycles. The highest BCUT2D eigenvalue weighted by molar-refractivity contribution is 5.74. The van der Waals surface area contributed by atoms with Crippen molar-refractivity contribution in [3.8, 4) is 22.7 Å². The second-order valence-corrected chi connectivity index (χ2v) is 8.80. The maximum atomic E-state index is 13.6. The Morgan fingerprint density at radius 3 is 2.49 bits per heavy atom. The quantitative estimate of drug-likeness (QED) is 0.355.